The van der Waals surface area contributed by atoms with Crippen molar-refractivity contribution in [1.82, 2.24) is 5.32 Å². The van der Waals surface area contributed by atoms with Crippen molar-refractivity contribution in [3.05, 3.63) is 62.0 Å². The van der Waals surface area contributed by atoms with Crippen molar-refractivity contribution in [2.45, 2.75) is 20.1 Å². The molecule has 0 bridgehead atoms. The molecule has 2 aromatic rings. The van der Waals surface area contributed by atoms with Gasteiger partial charge >= 0.3 is 0 Å². The summed E-state index contributed by atoms with van der Waals surface area (Å²) in [6, 6.07) is 11.4. The van der Waals surface area contributed by atoms with E-state index >= 15 is 0 Å². The van der Waals surface area contributed by atoms with E-state index in [2.05, 4.69) is 46.4 Å². The van der Waals surface area contributed by atoms with Crippen LogP contribution >= 0.6 is 39.1 Å². The van der Waals surface area contributed by atoms with Crippen LogP contribution in [0.2, 0.25) is 10.0 Å². The van der Waals surface area contributed by atoms with E-state index in [-0.39, 0.29) is 0 Å². The smallest absolute Gasteiger partial charge is 0.139 e. The fraction of sp³-hybridized carbons (Fsp3) is 0.250. The van der Waals surface area contributed by atoms with Gasteiger partial charge in [-0.2, -0.15) is 0 Å². The normalized spacial score (nSPS) is 10.7. The Bertz CT molecular complexity index is 619. The molecule has 2 nitrogen and oxygen atoms in total. The minimum absolute atomic E-state index is 0.433. The van der Waals surface area contributed by atoms with Crippen LogP contribution in [0.15, 0.2) is 40.9 Å². The second kappa shape index (κ2) is 8.04. The molecule has 112 valence electrons. The molecule has 0 atom stereocenters. The third-order valence-corrected chi connectivity index (χ3v) is 4.26. The van der Waals surface area contributed by atoms with E-state index in [0.29, 0.717) is 22.4 Å². The van der Waals surface area contributed by atoms with Crippen LogP contribution in [-0.4, -0.2) is 6.54 Å². The SMILES string of the molecule is CCNCc1ccc(COc2cc(Cl)ccc2Cl)c(Br)c1. The van der Waals surface area contributed by atoms with Gasteiger partial charge in [0.15, 0.2) is 0 Å². The van der Waals surface area contributed by atoms with E-state index in [1.54, 1.807) is 18.2 Å². The molecule has 0 aromatic heterocycles. The molecule has 0 aliphatic carbocycles. The molecular formula is C16H16BrCl2NO. The van der Waals surface area contributed by atoms with Gasteiger partial charge in [-0.05, 0) is 30.3 Å². The summed E-state index contributed by atoms with van der Waals surface area (Å²) in [5.74, 6) is 0.591. The quantitative estimate of drug-likeness (QED) is 0.710. The maximum absolute atomic E-state index is 6.08. The lowest BCUT2D eigenvalue weighted by Gasteiger charge is -2.11. The van der Waals surface area contributed by atoms with Gasteiger partial charge in [-0.1, -0.05) is 58.2 Å². The molecule has 0 fully saturated rings. The summed E-state index contributed by atoms with van der Waals surface area (Å²) >= 11 is 15.6. The lowest BCUT2D eigenvalue weighted by Crippen LogP contribution is -2.11. The van der Waals surface area contributed by atoms with Crippen molar-refractivity contribution >= 4 is 39.1 Å². The van der Waals surface area contributed by atoms with Crippen molar-refractivity contribution in [2.75, 3.05) is 6.54 Å². The Hall–Kier alpha value is -0.740. The maximum Gasteiger partial charge on any atom is 0.139 e. The lowest BCUT2D eigenvalue weighted by atomic mass is 10.1. The highest BCUT2D eigenvalue weighted by Gasteiger charge is 2.06. The zero-order chi connectivity index (χ0) is 15.2. The van der Waals surface area contributed by atoms with Gasteiger partial charge in [0.2, 0.25) is 0 Å². The van der Waals surface area contributed by atoms with Gasteiger partial charge < -0.3 is 10.1 Å². The monoisotopic (exact) mass is 387 g/mol. The van der Waals surface area contributed by atoms with Crippen molar-refractivity contribution in [3.63, 3.8) is 0 Å². The Labute approximate surface area is 143 Å². The molecule has 2 aromatic carbocycles. The molecule has 0 saturated carbocycles. The molecule has 1 N–H and O–H groups in total. The first-order valence-electron chi connectivity index (χ1n) is 6.66. The minimum Gasteiger partial charge on any atom is -0.487 e. The van der Waals surface area contributed by atoms with Crippen molar-refractivity contribution in [1.29, 1.82) is 0 Å². The molecule has 21 heavy (non-hydrogen) atoms. The first-order valence-corrected chi connectivity index (χ1v) is 8.21. The van der Waals surface area contributed by atoms with Crippen molar-refractivity contribution in [3.8, 4) is 5.75 Å². The molecule has 5 heteroatoms. The first kappa shape index (κ1) is 16.6. The van der Waals surface area contributed by atoms with Gasteiger partial charge in [0.1, 0.15) is 12.4 Å². The first-order chi connectivity index (χ1) is 10.1. The number of ether oxygens (including phenoxy) is 1. The molecular weight excluding hydrogens is 373 g/mol. The maximum atomic E-state index is 6.08. The summed E-state index contributed by atoms with van der Waals surface area (Å²) < 4.78 is 6.77. The van der Waals surface area contributed by atoms with Crippen LogP contribution in [0.4, 0.5) is 0 Å². The Morgan fingerprint density at radius 1 is 1.14 bits per heavy atom. The summed E-state index contributed by atoms with van der Waals surface area (Å²) in [5.41, 5.74) is 2.29. The Morgan fingerprint density at radius 2 is 1.95 bits per heavy atom. The second-order valence-corrected chi connectivity index (χ2v) is 6.27. The number of rotatable bonds is 6. The minimum atomic E-state index is 0.433. The van der Waals surface area contributed by atoms with Crippen LogP contribution in [0.25, 0.3) is 0 Å². The highest BCUT2D eigenvalue weighted by atomic mass is 79.9. The molecule has 2 rings (SSSR count). The number of halogens is 3. The van der Waals surface area contributed by atoms with Crippen molar-refractivity contribution in [2.24, 2.45) is 0 Å². The molecule has 0 spiro atoms. The summed E-state index contributed by atoms with van der Waals surface area (Å²) in [7, 11) is 0. The van der Waals surface area contributed by atoms with Gasteiger partial charge in [-0.15, -0.1) is 0 Å². The Kier molecular flexibility index (Phi) is 6.37. The third-order valence-electron chi connectivity index (χ3n) is 2.97. The number of hydrogen-bond donors (Lipinski definition) is 1. The molecule has 0 unspecified atom stereocenters. The van der Waals surface area contributed by atoms with E-state index < -0.39 is 0 Å². The Morgan fingerprint density at radius 3 is 2.67 bits per heavy atom. The van der Waals surface area contributed by atoms with E-state index in [0.717, 1.165) is 23.1 Å². The summed E-state index contributed by atoms with van der Waals surface area (Å²) in [4.78, 5) is 0. The fourth-order valence-corrected chi connectivity index (χ4v) is 2.71. The van der Waals surface area contributed by atoms with Crippen molar-refractivity contribution < 1.29 is 4.74 Å². The molecule has 0 aliphatic rings. The predicted octanol–water partition coefficient (Wildman–Crippen LogP) is 5.44. The number of nitrogens with one attached hydrogen (secondary N) is 1. The van der Waals surface area contributed by atoms with Gasteiger partial charge in [0.25, 0.3) is 0 Å². The average molecular weight is 389 g/mol. The van der Waals surface area contributed by atoms with Gasteiger partial charge in [0, 0.05) is 27.7 Å². The summed E-state index contributed by atoms with van der Waals surface area (Å²) in [6.07, 6.45) is 0. The van der Waals surface area contributed by atoms with E-state index in [4.69, 9.17) is 27.9 Å². The predicted molar refractivity (Wildman–Crippen MR) is 92.3 cm³/mol. The van der Waals surface area contributed by atoms with Gasteiger partial charge in [-0.3, -0.25) is 0 Å². The standard InChI is InChI=1S/C16H16BrCl2NO/c1-2-20-9-11-3-4-12(14(17)7-11)10-21-16-8-13(18)5-6-15(16)19/h3-8,20H,2,9-10H2,1H3. The van der Waals surface area contributed by atoms with Crippen LogP contribution in [-0.2, 0) is 13.2 Å². The fourth-order valence-electron chi connectivity index (χ4n) is 1.83. The zero-order valence-electron chi connectivity index (χ0n) is 11.6. The average Bonchev–Trinajstić information content (AvgIpc) is 2.47. The second-order valence-electron chi connectivity index (χ2n) is 4.57. The topological polar surface area (TPSA) is 21.3 Å². The van der Waals surface area contributed by atoms with Crippen LogP contribution in [0.1, 0.15) is 18.1 Å². The molecule has 0 heterocycles. The van der Waals surface area contributed by atoms with E-state index in [1.807, 2.05) is 0 Å². The molecule has 0 saturated heterocycles. The van der Waals surface area contributed by atoms with Crippen LogP contribution in [0.5, 0.6) is 5.75 Å². The van der Waals surface area contributed by atoms with Crippen LogP contribution in [0, 0.1) is 0 Å². The molecule has 0 radical (unpaired) electrons. The molecule has 0 amide bonds. The number of benzene rings is 2. The van der Waals surface area contributed by atoms with Crippen LogP contribution in [0.3, 0.4) is 0 Å². The van der Waals surface area contributed by atoms with Gasteiger partial charge in [-0.25, -0.2) is 0 Å². The van der Waals surface area contributed by atoms with Gasteiger partial charge in [0.05, 0.1) is 5.02 Å². The third kappa shape index (κ3) is 4.89. The van der Waals surface area contributed by atoms with E-state index in [9.17, 15) is 0 Å². The summed E-state index contributed by atoms with van der Waals surface area (Å²) in [6.45, 7) is 4.33. The van der Waals surface area contributed by atoms with Crippen LogP contribution < -0.4 is 10.1 Å². The highest BCUT2D eigenvalue weighted by Crippen LogP contribution is 2.29. The largest absolute Gasteiger partial charge is 0.487 e. The molecule has 0 aliphatic heterocycles. The lowest BCUT2D eigenvalue weighted by molar-refractivity contribution is 0.305. The highest BCUT2D eigenvalue weighted by molar-refractivity contribution is 9.10. The zero-order valence-corrected chi connectivity index (χ0v) is 14.7. The Balaban J connectivity index is 2.04. The van der Waals surface area contributed by atoms with E-state index in [1.165, 1.54) is 5.56 Å². The summed E-state index contributed by atoms with van der Waals surface area (Å²) in [5, 5.41) is 4.46. The number of hydrogen-bond acceptors (Lipinski definition) is 2.